The SMILES string of the molecule is Cc1[nH]ncc1S(=O)(=O)Nc1cnns1. The fourth-order valence-electron chi connectivity index (χ4n) is 1.01. The van der Waals surface area contributed by atoms with Crippen LogP contribution >= 0.6 is 11.5 Å². The summed E-state index contributed by atoms with van der Waals surface area (Å²) in [7, 11) is -3.58. The molecule has 0 spiro atoms. The smallest absolute Gasteiger partial charge is 0.265 e. The van der Waals surface area contributed by atoms with Gasteiger partial charge in [0.1, 0.15) is 9.90 Å². The molecule has 0 amide bonds. The van der Waals surface area contributed by atoms with E-state index in [1.54, 1.807) is 6.92 Å². The lowest BCUT2D eigenvalue weighted by Crippen LogP contribution is -2.12. The molecule has 7 nitrogen and oxygen atoms in total. The fourth-order valence-corrected chi connectivity index (χ4v) is 2.83. The average molecular weight is 245 g/mol. The summed E-state index contributed by atoms with van der Waals surface area (Å²) in [6.07, 6.45) is 2.60. The van der Waals surface area contributed by atoms with Crippen molar-refractivity contribution in [2.75, 3.05) is 4.72 Å². The lowest BCUT2D eigenvalue weighted by Gasteiger charge is -2.02. The summed E-state index contributed by atoms with van der Waals surface area (Å²) < 4.78 is 29.4. The Morgan fingerprint density at radius 1 is 1.47 bits per heavy atom. The van der Waals surface area contributed by atoms with Gasteiger partial charge in [0.2, 0.25) is 0 Å². The first kappa shape index (κ1) is 10.1. The number of hydrogen-bond acceptors (Lipinski definition) is 6. The summed E-state index contributed by atoms with van der Waals surface area (Å²) in [5.41, 5.74) is 0.486. The number of aryl methyl sites for hydroxylation is 1. The first-order valence-electron chi connectivity index (χ1n) is 3.90. The molecule has 0 aromatic carbocycles. The van der Waals surface area contributed by atoms with Gasteiger partial charge in [-0.2, -0.15) is 5.10 Å². The average Bonchev–Trinajstić information content (AvgIpc) is 2.75. The van der Waals surface area contributed by atoms with Crippen LogP contribution in [0.3, 0.4) is 0 Å². The number of hydrogen-bond donors (Lipinski definition) is 2. The highest BCUT2D eigenvalue weighted by atomic mass is 32.2. The first-order valence-corrected chi connectivity index (χ1v) is 6.15. The maximum absolute atomic E-state index is 11.8. The second-order valence-corrected chi connectivity index (χ2v) is 5.18. The van der Waals surface area contributed by atoms with E-state index in [0.29, 0.717) is 10.7 Å². The van der Waals surface area contributed by atoms with E-state index in [1.807, 2.05) is 0 Å². The quantitative estimate of drug-likeness (QED) is 0.813. The topological polar surface area (TPSA) is 101 Å². The molecule has 2 N–H and O–H groups in total. The van der Waals surface area contributed by atoms with Crippen LogP contribution in [-0.4, -0.2) is 28.2 Å². The zero-order valence-corrected chi connectivity index (χ0v) is 9.26. The van der Waals surface area contributed by atoms with Crippen LogP contribution in [-0.2, 0) is 10.0 Å². The number of sulfonamides is 1. The van der Waals surface area contributed by atoms with Crippen LogP contribution < -0.4 is 4.72 Å². The highest BCUT2D eigenvalue weighted by molar-refractivity contribution is 7.93. The largest absolute Gasteiger partial charge is 0.281 e. The summed E-state index contributed by atoms with van der Waals surface area (Å²) in [4.78, 5) is 0.121. The predicted octanol–water partition coefficient (Wildman–Crippen LogP) is 0.370. The molecule has 0 atom stereocenters. The van der Waals surface area contributed by atoms with Crippen molar-refractivity contribution in [2.24, 2.45) is 0 Å². The van der Waals surface area contributed by atoms with Crippen LogP contribution in [0.25, 0.3) is 0 Å². The summed E-state index contributed by atoms with van der Waals surface area (Å²) in [5.74, 6) is 0. The minimum absolute atomic E-state index is 0.121. The third kappa shape index (κ3) is 1.97. The molecule has 9 heteroatoms. The lowest BCUT2D eigenvalue weighted by atomic mass is 10.5. The Morgan fingerprint density at radius 2 is 2.27 bits per heavy atom. The molecule has 2 aromatic heterocycles. The van der Waals surface area contributed by atoms with E-state index in [9.17, 15) is 8.42 Å². The number of nitrogens with one attached hydrogen (secondary N) is 2. The molecular weight excluding hydrogens is 238 g/mol. The van der Waals surface area contributed by atoms with E-state index in [-0.39, 0.29) is 4.90 Å². The van der Waals surface area contributed by atoms with Crippen molar-refractivity contribution >= 4 is 26.6 Å². The van der Waals surface area contributed by atoms with Gasteiger partial charge in [0.05, 0.1) is 18.1 Å². The second-order valence-electron chi connectivity index (χ2n) is 2.75. The number of aromatic nitrogens is 4. The van der Waals surface area contributed by atoms with Crippen LogP contribution in [0.15, 0.2) is 17.3 Å². The number of nitrogens with zero attached hydrogens (tertiary/aromatic N) is 3. The van der Waals surface area contributed by atoms with Gasteiger partial charge in [0, 0.05) is 11.5 Å². The molecule has 0 radical (unpaired) electrons. The maximum Gasteiger partial charge on any atom is 0.265 e. The Balaban J connectivity index is 2.33. The van der Waals surface area contributed by atoms with Crippen molar-refractivity contribution in [2.45, 2.75) is 11.8 Å². The fraction of sp³-hybridized carbons (Fsp3) is 0.167. The van der Waals surface area contributed by atoms with Gasteiger partial charge in [0.25, 0.3) is 10.0 Å². The van der Waals surface area contributed by atoms with Crippen LogP contribution in [0, 0.1) is 6.92 Å². The molecule has 2 aromatic rings. The number of rotatable bonds is 3. The van der Waals surface area contributed by atoms with Crippen molar-refractivity contribution in [3.8, 4) is 0 Å². The molecular formula is C6H7N5O2S2. The predicted molar refractivity (Wildman–Crippen MR) is 54.0 cm³/mol. The third-order valence-electron chi connectivity index (χ3n) is 1.67. The van der Waals surface area contributed by atoms with Crippen molar-refractivity contribution in [3.63, 3.8) is 0 Å². The normalized spacial score (nSPS) is 11.5. The monoisotopic (exact) mass is 245 g/mol. The molecule has 15 heavy (non-hydrogen) atoms. The van der Waals surface area contributed by atoms with Crippen LogP contribution in [0.1, 0.15) is 5.69 Å². The van der Waals surface area contributed by atoms with Crippen molar-refractivity contribution in [3.05, 3.63) is 18.1 Å². The van der Waals surface area contributed by atoms with E-state index in [4.69, 9.17) is 0 Å². The standard InChI is InChI=1S/C6H7N5O2S2/c1-4-5(2-7-9-4)15(12,13)10-6-3-8-11-14-6/h2-3,10H,1H3,(H,7,9). The van der Waals surface area contributed by atoms with E-state index >= 15 is 0 Å². The highest BCUT2D eigenvalue weighted by Gasteiger charge is 2.19. The number of H-pyrrole nitrogens is 1. The molecule has 2 rings (SSSR count). The van der Waals surface area contributed by atoms with Gasteiger partial charge < -0.3 is 0 Å². The summed E-state index contributed by atoms with van der Waals surface area (Å²) in [6, 6.07) is 0. The molecule has 0 saturated heterocycles. The second kappa shape index (κ2) is 3.59. The Labute approximate surface area is 89.8 Å². The van der Waals surface area contributed by atoms with Gasteiger partial charge in [-0.1, -0.05) is 4.49 Å². The molecule has 0 bridgehead atoms. The van der Waals surface area contributed by atoms with E-state index in [0.717, 1.165) is 11.5 Å². The highest BCUT2D eigenvalue weighted by Crippen LogP contribution is 2.18. The van der Waals surface area contributed by atoms with Crippen molar-refractivity contribution < 1.29 is 8.42 Å². The van der Waals surface area contributed by atoms with Gasteiger partial charge in [0.15, 0.2) is 0 Å². The molecule has 2 heterocycles. The van der Waals surface area contributed by atoms with E-state index in [2.05, 4.69) is 24.5 Å². The van der Waals surface area contributed by atoms with Gasteiger partial charge in [-0.3, -0.25) is 9.82 Å². The number of aromatic amines is 1. The molecule has 0 aliphatic carbocycles. The molecule has 80 valence electrons. The molecule has 0 aliphatic heterocycles. The van der Waals surface area contributed by atoms with E-state index in [1.165, 1.54) is 12.4 Å². The minimum atomic E-state index is -3.58. The maximum atomic E-state index is 11.8. The third-order valence-corrected chi connectivity index (χ3v) is 3.86. The van der Waals surface area contributed by atoms with Gasteiger partial charge >= 0.3 is 0 Å². The first-order chi connectivity index (χ1) is 7.09. The van der Waals surface area contributed by atoms with Gasteiger partial charge in [-0.15, -0.1) is 5.10 Å². The molecule has 0 saturated carbocycles. The zero-order valence-electron chi connectivity index (χ0n) is 7.63. The van der Waals surface area contributed by atoms with Gasteiger partial charge in [-0.25, -0.2) is 8.42 Å². The zero-order chi connectivity index (χ0) is 10.9. The minimum Gasteiger partial charge on any atom is -0.281 e. The van der Waals surface area contributed by atoms with Crippen LogP contribution in [0.4, 0.5) is 5.00 Å². The van der Waals surface area contributed by atoms with Gasteiger partial charge in [-0.05, 0) is 6.92 Å². The summed E-state index contributed by atoms with van der Waals surface area (Å²) >= 11 is 0.971. The molecule has 0 aliphatic rings. The Hall–Kier alpha value is -1.48. The lowest BCUT2D eigenvalue weighted by molar-refractivity contribution is 0.601. The van der Waals surface area contributed by atoms with Crippen molar-refractivity contribution in [1.82, 2.24) is 19.8 Å². The van der Waals surface area contributed by atoms with Crippen molar-refractivity contribution in [1.29, 1.82) is 0 Å². The number of anilines is 1. The van der Waals surface area contributed by atoms with E-state index < -0.39 is 10.0 Å². The molecule has 0 unspecified atom stereocenters. The van der Waals surface area contributed by atoms with Crippen LogP contribution in [0.5, 0.6) is 0 Å². The summed E-state index contributed by atoms with van der Waals surface area (Å²) in [5, 5.41) is 10.1. The summed E-state index contributed by atoms with van der Waals surface area (Å²) in [6.45, 7) is 1.63. The van der Waals surface area contributed by atoms with Crippen LogP contribution in [0.2, 0.25) is 0 Å². The Morgan fingerprint density at radius 3 is 2.80 bits per heavy atom. The molecule has 0 fully saturated rings. The Bertz CT molecular complexity index is 544. The Kier molecular flexibility index (Phi) is 2.40.